The summed E-state index contributed by atoms with van der Waals surface area (Å²) in [5, 5.41) is 0. The lowest BCUT2D eigenvalue weighted by Gasteiger charge is -2.00. The van der Waals surface area contributed by atoms with Crippen molar-refractivity contribution in [2.24, 2.45) is 0 Å². The Kier molecular flexibility index (Phi) is 2.91. The number of H-pyrrole nitrogens is 1. The summed E-state index contributed by atoms with van der Waals surface area (Å²) in [7, 11) is 0. The van der Waals surface area contributed by atoms with Gasteiger partial charge in [-0.2, -0.15) is 0 Å². The molecule has 1 aromatic rings. The van der Waals surface area contributed by atoms with Crippen LogP contribution in [0.1, 0.15) is 29.3 Å². The average molecular weight is 167 g/mol. The zero-order chi connectivity index (χ0) is 8.97. The Hall–Kier alpha value is -1.25. The Bertz CT molecular complexity index is 265. The number of ether oxygens (including phenoxy) is 1. The molecule has 0 saturated carbocycles. The summed E-state index contributed by atoms with van der Waals surface area (Å²) < 4.78 is 4.96. The van der Waals surface area contributed by atoms with E-state index in [4.69, 9.17) is 4.74 Å². The molecule has 1 heterocycles. The van der Waals surface area contributed by atoms with Gasteiger partial charge in [-0.15, -0.1) is 0 Å². The van der Waals surface area contributed by atoms with Gasteiger partial charge in [0, 0.05) is 12.4 Å². The number of aryl methyl sites for hydroxylation is 1. The fourth-order valence-electron chi connectivity index (χ4n) is 0.934. The smallest absolute Gasteiger partial charge is 0.339 e. The Labute approximate surface area is 71.7 Å². The third-order valence-corrected chi connectivity index (χ3v) is 1.61. The maximum atomic E-state index is 11.2. The fraction of sp³-hybridized carbons (Fsp3) is 0.444. The van der Waals surface area contributed by atoms with Crippen molar-refractivity contribution < 1.29 is 9.53 Å². The van der Waals surface area contributed by atoms with E-state index in [-0.39, 0.29) is 5.97 Å². The molecule has 3 heteroatoms. The van der Waals surface area contributed by atoms with Crippen LogP contribution in [0.15, 0.2) is 12.4 Å². The summed E-state index contributed by atoms with van der Waals surface area (Å²) in [6.07, 6.45) is 4.30. The van der Waals surface area contributed by atoms with E-state index in [1.807, 2.05) is 13.8 Å². The first-order valence-corrected chi connectivity index (χ1v) is 4.06. The standard InChI is InChI=1S/C9H13NO2/c1-3-4-12-9(11)8-6-10-5-7(8)2/h5-6,10H,3-4H2,1-2H3. The molecule has 0 amide bonds. The van der Waals surface area contributed by atoms with Crippen molar-refractivity contribution in [2.75, 3.05) is 6.61 Å². The van der Waals surface area contributed by atoms with Gasteiger partial charge in [-0.3, -0.25) is 0 Å². The van der Waals surface area contributed by atoms with Crippen molar-refractivity contribution in [3.8, 4) is 0 Å². The summed E-state index contributed by atoms with van der Waals surface area (Å²) in [6, 6.07) is 0. The lowest BCUT2D eigenvalue weighted by Crippen LogP contribution is -2.05. The number of aromatic nitrogens is 1. The van der Waals surface area contributed by atoms with Gasteiger partial charge in [-0.05, 0) is 18.9 Å². The fourth-order valence-corrected chi connectivity index (χ4v) is 0.934. The molecule has 0 aliphatic heterocycles. The first-order valence-electron chi connectivity index (χ1n) is 4.06. The third kappa shape index (κ3) is 1.87. The summed E-state index contributed by atoms with van der Waals surface area (Å²) in [5.74, 6) is -0.240. The summed E-state index contributed by atoms with van der Waals surface area (Å²) >= 11 is 0. The van der Waals surface area contributed by atoms with Gasteiger partial charge in [0.15, 0.2) is 0 Å². The van der Waals surface area contributed by atoms with Gasteiger partial charge >= 0.3 is 5.97 Å². The lowest BCUT2D eigenvalue weighted by molar-refractivity contribution is 0.0504. The van der Waals surface area contributed by atoms with Crippen LogP contribution in [0.2, 0.25) is 0 Å². The molecule has 0 bridgehead atoms. The molecule has 12 heavy (non-hydrogen) atoms. The predicted octanol–water partition coefficient (Wildman–Crippen LogP) is 1.89. The highest BCUT2D eigenvalue weighted by Crippen LogP contribution is 2.07. The molecule has 0 unspecified atom stereocenters. The zero-order valence-corrected chi connectivity index (χ0v) is 7.39. The maximum Gasteiger partial charge on any atom is 0.339 e. The van der Waals surface area contributed by atoms with Crippen LogP contribution >= 0.6 is 0 Å². The normalized spacial score (nSPS) is 9.83. The third-order valence-electron chi connectivity index (χ3n) is 1.61. The summed E-state index contributed by atoms with van der Waals surface area (Å²) in [5.41, 5.74) is 1.56. The Morgan fingerprint density at radius 1 is 1.58 bits per heavy atom. The van der Waals surface area contributed by atoms with E-state index in [0.29, 0.717) is 12.2 Å². The van der Waals surface area contributed by atoms with Crippen LogP contribution in [0.3, 0.4) is 0 Å². The largest absolute Gasteiger partial charge is 0.462 e. The second-order valence-corrected chi connectivity index (χ2v) is 2.69. The minimum absolute atomic E-state index is 0.240. The molecule has 66 valence electrons. The predicted molar refractivity (Wildman–Crippen MR) is 46.1 cm³/mol. The van der Waals surface area contributed by atoms with E-state index in [1.54, 1.807) is 12.4 Å². The monoisotopic (exact) mass is 167 g/mol. The van der Waals surface area contributed by atoms with Crippen molar-refractivity contribution in [2.45, 2.75) is 20.3 Å². The van der Waals surface area contributed by atoms with E-state index in [9.17, 15) is 4.79 Å². The van der Waals surface area contributed by atoms with E-state index in [2.05, 4.69) is 4.98 Å². The lowest BCUT2D eigenvalue weighted by atomic mass is 10.2. The van der Waals surface area contributed by atoms with Crippen LogP contribution in [-0.4, -0.2) is 17.6 Å². The number of aromatic amines is 1. The summed E-state index contributed by atoms with van der Waals surface area (Å²) in [4.78, 5) is 14.1. The second-order valence-electron chi connectivity index (χ2n) is 2.69. The van der Waals surface area contributed by atoms with Crippen LogP contribution in [0.5, 0.6) is 0 Å². The molecule has 0 aliphatic rings. The molecule has 3 nitrogen and oxygen atoms in total. The number of esters is 1. The Morgan fingerprint density at radius 2 is 2.33 bits per heavy atom. The van der Waals surface area contributed by atoms with Crippen LogP contribution in [0, 0.1) is 6.92 Å². The van der Waals surface area contributed by atoms with Crippen molar-refractivity contribution >= 4 is 5.97 Å². The van der Waals surface area contributed by atoms with Crippen molar-refractivity contribution in [1.82, 2.24) is 4.98 Å². The van der Waals surface area contributed by atoms with E-state index in [0.717, 1.165) is 12.0 Å². The minimum atomic E-state index is -0.240. The summed E-state index contributed by atoms with van der Waals surface area (Å²) in [6.45, 7) is 4.33. The van der Waals surface area contributed by atoms with Gasteiger partial charge in [0.2, 0.25) is 0 Å². The molecule has 1 rings (SSSR count). The van der Waals surface area contributed by atoms with Gasteiger partial charge in [0.25, 0.3) is 0 Å². The van der Waals surface area contributed by atoms with Crippen LogP contribution in [0.4, 0.5) is 0 Å². The Morgan fingerprint density at radius 3 is 2.83 bits per heavy atom. The average Bonchev–Trinajstić information content (AvgIpc) is 2.47. The van der Waals surface area contributed by atoms with Crippen molar-refractivity contribution in [3.63, 3.8) is 0 Å². The molecule has 0 fully saturated rings. The molecule has 1 N–H and O–H groups in total. The molecule has 0 aliphatic carbocycles. The topological polar surface area (TPSA) is 42.1 Å². The number of carbonyl (C=O) groups excluding carboxylic acids is 1. The van der Waals surface area contributed by atoms with Crippen molar-refractivity contribution in [3.05, 3.63) is 23.5 Å². The van der Waals surface area contributed by atoms with Gasteiger partial charge in [0.05, 0.1) is 12.2 Å². The van der Waals surface area contributed by atoms with E-state index < -0.39 is 0 Å². The van der Waals surface area contributed by atoms with E-state index in [1.165, 1.54) is 0 Å². The maximum absolute atomic E-state index is 11.2. The van der Waals surface area contributed by atoms with Gasteiger partial charge < -0.3 is 9.72 Å². The molecular weight excluding hydrogens is 154 g/mol. The first kappa shape index (κ1) is 8.84. The zero-order valence-electron chi connectivity index (χ0n) is 7.39. The van der Waals surface area contributed by atoms with Crippen molar-refractivity contribution in [1.29, 1.82) is 0 Å². The SMILES string of the molecule is CCCOC(=O)c1c[nH]cc1C. The molecule has 0 atom stereocenters. The number of rotatable bonds is 3. The minimum Gasteiger partial charge on any atom is -0.462 e. The highest BCUT2D eigenvalue weighted by atomic mass is 16.5. The van der Waals surface area contributed by atoms with Crippen LogP contribution in [0.25, 0.3) is 0 Å². The Balaban J connectivity index is 2.59. The van der Waals surface area contributed by atoms with E-state index >= 15 is 0 Å². The van der Waals surface area contributed by atoms with Crippen LogP contribution in [-0.2, 0) is 4.74 Å². The molecule has 0 spiro atoms. The molecule has 0 aromatic carbocycles. The quantitative estimate of drug-likeness (QED) is 0.698. The molecular formula is C9H13NO2. The van der Waals surface area contributed by atoms with Crippen LogP contribution < -0.4 is 0 Å². The highest BCUT2D eigenvalue weighted by Gasteiger charge is 2.09. The number of hydrogen-bond donors (Lipinski definition) is 1. The second kappa shape index (κ2) is 3.95. The van der Waals surface area contributed by atoms with Gasteiger partial charge in [-0.1, -0.05) is 6.92 Å². The number of nitrogens with one attached hydrogen (secondary N) is 1. The number of carbonyl (C=O) groups is 1. The highest BCUT2D eigenvalue weighted by molar-refractivity contribution is 5.90. The number of hydrogen-bond acceptors (Lipinski definition) is 2. The molecule has 0 saturated heterocycles. The first-order chi connectivity index (χ1) is 5.75. The molecule has 0 radical (unpaired) electrons. The van der Waals surface area contributed by atoms with Gasteiger partial charge in [0.1, 0.15) is 0 Å². The van der Waals surface area contributed by atoms with Gasteiger partial charge in [-0.25, -0.2) is 4.79 Å². The molecule has 1 aromatic heterocycles.